The Hall–Kier alpha value is -3.05. The molecule has 1 saturated carbocycles. The van der Waals surface area contributed by atoms with Crippen molar-refractivity contribution < 1.29 is 19.4 Å². The van der Waals surface area contributed by atoms with E-state index in [9.17, 15) is 14.3 Å². The molecule has 0 unspecified atom stereocenters. The molecule has 1 aliphatic rings. The Morgan fingerprint density at radius 3 is 2.60 bits per heavy atom. The Balaban J connectivity index is 1.75. The van der Waals surface area contributed by atoms with Gasteiger partial charge in [-0.05, 0) is 49.4 Å². The molecule has 0 bridgehead atoms. The Labute approximate surface area is 174 Å². The van der Waals surface area contributed by atoms with Crippen molar-refractivity contribution in [1.29, 1.82) is 0 Å². The predicted octanol–water partition coefficient (Wildman–Crippen LogP) is 5.55. The summed E-state index contributed by atoms with van der Waals surface area (Å²) in [7, 11) is 0. The third-order valence-electron chi connectivity index (χ3n) is 5.42. The van der Waals surface area contributed by atoms with Crippen molar-refractivity contribution in [3.8, 4) is 11.1 Å². The van der Waals surface area contributed by atoms with Crippen LogP contribution in [0.3, 0.4) is 0 Å². The first-order valence-electron chi connectivity index (χ1n) is 10.3. The van der Waals surface area contributed by atoms with Crippen molar-refractivity contribution in [2.75, 3.05) is 0 Å². The number of aliphatic hydroxyl groups excluding tert-OH is 1. The lowest BCUT2D eigenvalue weighted by Gasteiger charge is -2.15. The standard InChI is InChI=1S/C25H24FNO3/c26-18-13-11-16(12-14-18)24-20-6-3-4-8-22(20)27-25(17-9-10-17)21(24)7-2-1-5-19(28)15-23(29)30/h2-4,6-8,11-14,17,19,28H,1,5,9-10,15H2,(H,29,30)/b7-2+/t19-/m1/s1. The summed E-state index contributed by atoms with van der Waals surface area (Å²) < 4.78 is 13.6. The highest BCUT2D eigenvalue weighted by molar-refractivity contribution is 5.99. The van der Waals surface area contributed by atoms with Gasteiger partial charge in [0, 0.05) is 22.4 Å². The predicted molar refractivity (Wildman–Crippen MR) is 116 cm³/mol. The van der Waals surface area contributed by atoms with Crippen LogP contribution in [0.25, 0.3) is 28.1 Å². The smallest absolute Gasteiger partial charge is 0.305 e. The second-order valence-corrected chi connectivity index (χ2v) is 7.82. The van der Waals surface area contributed by atoms with Gasteiger partial charge in [-0.3, -0.25) is 9.78 Å². The maximum atomic E-state index is 13.6. The van der Waals surface area contributed by atoms with Crippen LogP contribution >= 0.6 is 0 Å². The molecule has 1 fully saturated rings. The van der Waals surface area contributed by atoms with Gasteiger partial charge >= 0.3 is 5.97 Å². The molecule has 4 nitrogen and oxygen atoms in total. The lowest BCUT2D eigenvalue weighted by Crippen LogP contribution is -2.12. The Morgan fingerprint density at radius 1 is 1.17 bits per heavy atom. The van der Waals surface area contributed by atoms with Gasteiger partial charge in [0.25, 0.3) is 0 Å². The lowest BCUT2D eigenvalue weighted by molar-refractivity contribution is -0.139. The summed E-state index contributed by atoms with van der Waals surface area (Å²) in [5, 5.41) is 19.6. The molecule has 154 valence electrons. The fourth-order valence-electron chi connectivity index (χ4n) is 3.80. The number of aromatic nitrogens is 1. The average molecular weight is 405 g/mol. The van der Waals surface area contributed by atoms with E-state index in [0.717, 1.165) is 46.1 Å². The molecule has 2 aromatic carbocycles. The van der Waals surface area contributed by atoms with Gasteiger partial charge in [-0.15, -0.1) is 0 Å². The quantitative estimate of drug-likeness (QED) is 0.516. The van der Waals surface area contributed by atoms with Crippen molar-refractivity contribution >= 4 is 22.9 Å². The van der Waals surface area contributed by atoms with Gasteiger partial charge < -0.3 is 10.2 Å². The summed E-state index contributed by atoms with van der Waals surface area (Å²) >= 11 is 0. The normalized spacial score (nSPS) is 15.0. The van der Waals surface area contributed by atoms with Crippen molar-refractivity contribution in [3.63, 3.8) is 0 Å². The molecule has 0 amide bonds. The van der Waals surface area contributed by atoms with Crippen LogP contribution in [0.1, 0.15) is 49.3 Å². The first kappa shape index (κ1) is 20.2. The molecule has 1 heterocycles. The molecule has 0 spiro atoms. The van der Waals surface area contributed by atoms with E-state index in [1.54, 1.807) is 12.1 Å². The van der Waals surface area contributed by atoms with Gasteiger partial charge in [0.05, 0.1) is 23.7 Å². The average Bonchev–Trinajstić information content (AvgIpc) is 3.56. The second kappa shape index (κ2) is 8.76. The molecule has 2 N–H and O–H groups in total. The van der Waals surface area contributed by atoms with E-state index >= 15 is 0 Å². The molecule has 5 heteroatoms. The van der Waals surface area contributed by atoms with Gasteiger partial charge in [-0.2, -0.15) is 0 Å². The molecule has 1 atom stereocenters. The largest absolute Gasteiger partial charge is 0.481 e. The van der Waals surface area contributed by atoms with E-state index in [0.29, 0.717) is 18.8 Å². The van der Waals surface area contributed by atoms with E-state index in [2.05, 4.69) is 0 Å². The van der Waals surface area contributed by atoms with Gasteiger partial charge in [-0.25, -0.2) is 4.39 Å². The zero-order valence-electron chi connectivity index (χ0n) is 16.6. The number of rotatable bonds is 8. The topological polar surface area (TPSA) is 70.4 Å². The van der Waals surface area contributed by atoms with Crippen molar-refractivity contribution in [1.82, 2.24) is 4.98 Å². The summed E-state index contributed by atoms with van der Waals surface area (Å²) in [5.41, 5.74) is 4.96. The minimum Gasteiger partial charge on any atom is -0.481 e. The number of nitrogens with zero attached hydrogens (tertiary/aromatic N) is 1. The number of carboxylic acid groups (broad SMARTS) is 1. The number of benzene rings is 2. The highest BCUT2D eigenvalue weighted by atomic mass is 19.1. The van der Waals surface area contributed by atoms with Crippen LogP contribution in [0.2, 0.25) is 0 Å². The monoisotopic (exact) mass is 405 g/mol. The zero-order chi connectivity index (χ0) is 21.1. The molecule has 1 aliphatic carbocycles. The number of halogens is 1. The van der Waals surface area contributed by atoms with Crippen LogP contribution in [0, 0.1) is 5.82 Å². The summed E-state index contributed by atoms with van der Waals surface area (Å²) in [6, 6.07) is 14.5. The third-order valence-corrected chi connectivity index (χ3v) is 5.42. The van der Waals surface area contributed by atoms with Crippen LogP contribution in [0.5, 0.6) is 0 Å². The molecule has 0 aliphatic heterocycles. The van der Waals surface area contributed by atoms with Crippen LogP contribution in [0.15, 0.2) is 54.6 Å². The highest BCUT2D eigenvalue weighted by Crippen LogP contribution is 2.45. The van der Waals surface area contributed by atoms with Crippen molar-refractivity contribution in [2.24, 2.45) is 0 Å². The number of fused-ring (bicyclic) bond motifs is 1. The number of para-hydroxylation sites is 1. The first-order chi connectivity index (χ1) is 14.5. The second-order valence-electron chi connectivity index (χ2n) is 7.82. The third kappa shape index (κ3) is 4.57. The number of carbonyl (C=O) groups is 1. The maximum Gasteiger partial charge on any atom is 0.305 e. The molecular weight excluding hydrogens is 381 g/mol. The van der Waals surface area contributed by atoms with Crippen LogP contribution in [0.4, 0.5) is 4.39 Å². The highest BCUT2D eigenvalue weighted by Gasteiger charge is 2.29. The molecule has 0 saturated heterocycles. The number of hydrogen-bond donors (Lipinski definition) is 2. The van der Waals surface area contributed by atoms with Crippen LogP contribution in [-0.4, -0.2) is 27.3 Å². The number of aliphatic carboxylic acids is 1. The molecule has 1 aromatic heterocycles. The SMILES string of the molecule is O=C(O)C[C@H](O)CC/C=C/c1c(C2CC2)nc2ccccc2c1-c1ccc(F)cc1. The Bertz CT molecular complexity index is 1090. The van der Waals surface area contributed by atoms with E-state index in [1.807, 2.05) is 36.4 Å². The number of allylic oxidation sites excluding steroid dienone is 1. The van der Waals surface area contributed by atoms with E-state index in [1.165, 1.54) is 12.1 Å². The Morgan fingerprint density at radius 2 is 1.90 bits per heavy atom. The fourth-order valence-corrected chi connectivity index (χ4v) is 3.80. The minimum atomic E-state index is -1.00. The minimum absolute atomic E-state index is 0.250. The summed E-state index contributed by atoms with van der Waals surface area (Å²) in [4.78, 5) is 15.7. The van der Waals surface area contributed by atoms with Crippen LogP contribution in [-0.2, 0) is 4.79 Å². The number of hydrogen-bond acceptors (Lipinski definition) is 3. The molecule has 3 aromatic rings. The van der Waals surface area contributed by atoms with Gasteiger partial charge in [-0.1, -0.05) is 42.5 Å². The number of aliphatic hydroxyl groups is 1. The molecule has 4 rings (SSSR count). The van der Waals surface area contributed by atoms with E-state index < -0.39 is 12.1 Å². The number of carboxylic acids is 1. The van der Waals surface area contributed by atoms with Gasteiger partial charge in [0.1, 0.15) is 5.82 Å². The van der Waals surface area contributed by atoms with Gasteiger partial charge in [0.15, 0.2) is 0 Å². The van der Waals surface area contributed by atoms with Gasteiger partial charge in [0.2, 0.25) is 0 Å². The first-order valence-corrected chi connectivity index (χ1v) is 10.3. The zero-order valence-corrected chi connectivity index (χ0v) is 16.6. The maximum absolute atomic E-state index is 13.6. The molecule has 0 radical (unpaired) electrons. The lowest BCUT2D eigenvalue weighted by atomic mass is 9.92. The van der Waals surface area contributed by atoms with E-state index in [-0.39, 0.29) is 12.2 Å². The van der Waals surface area contributed by atoms with Crippen molar-refractivity contribution in [3.05, 3.63) is 71.7 Å². The van der Waals surface area contributed by atoms with Crippen molar-refractivity contribution in [2.45, 2.75) is 44.1 Å². The number of pyridine rings is 1. The summed E-state index contributed by atoms with van der Waals surface area (Å²) in [6.07, 6.45) is 6.04. The summed E-state index contributed by atoms with van der Waals surface area (Å²) in [5.74, 6) is -0.852. The van der Waals surface area contributed by atoms with E-state index in [4.69, 9.17) is 10.1 Å². The summed E-state index contributed by atoms with van der Waals surface area (Å²) in [6.45, 7) is 0. The molecule has 30 heavy (non-hydrogen) atoms. The van der Waals surface area contributed by atoms with Crippen LogP contribution < -0.4 is 0 Å². The fraction of sp³-hybridized carbons (Fsp3) is 0.280. The Kier molecular flexibility index (Phi) is 5.91. The molecular formula is C25H24FNO3.